The maximum Gasteiger partial charge on any atom is 0.272 e. The number of nitro benzene ring substituents is 1. The van der Waals surface area contributed by atoms with E-state index < -0.39 is 0 Å². The molecule has 0 atom stereocenters. The summed E-state index contributed by atoms with van der Waals surface area (Å²) in [4.78, 5) is 10.4. The van der Waals surface area contributed by atoms with Gasteiger partial charge in [-0.25, -0.2) is 0 Å². The molecule has 0 saturated heterocycles. The molecule has 0 saturated carbocycles. The molecule has 0 radical (unpaired) electrons. The van der Waals surface area contributed by atoms with Gasteiger partial charge in [0.15, 0.2) is 5.75 Å². The van der Waals surface area contributed by atoms with Gasteiger partial charge in [0.25, 0.3) is 5.69 Å². The summed E-state index contributed by atoms with van der Waals surface area (Å²) in [6, 6.07) is 4.97. The zero-order chi connectivity index (χ0) is 13.1. The SMILES string of the molecule is Cc1c(COc2cnn(C)c2)cccc1[N+](=O)[O-]. The van der Waals surface area contributed by atoms with Gasteiger partial charge in [0, 0.05) is 18.7 Å². The molecular formula is C12H13N3O3. The first kappa shape index (κ1) is 12.1. The van der Waals surface area contributed by atoms with Crippen molar-refractivity contribution in [3.63, 3.8) is 0 Å². The standard InChI is InChI=1S/C12H13N3O3/c1-9-10(4-3-5-12(9)15(16)17)8-18-11-6-13-14(2)7-11/h3-7H,8H2,1-2H3. The van der Waals surface area contributed by atoms with Gasteiger partial charge in [0.2, 0.25) is 0 Å². The molecule has 0 aliphatic carbocycles. The topological polar surface area (TPSA) is 70.2 Å². The quantitative estimate of drug-likeness (QED) is 0.613. The number of ether oxygens (including phenoxy) is 1. The monoisotopic (exact) mass is 247 g/mol. The van der Waals surface area contributed by atoms with E-state index in [0.717, 1.165) is 5.56 Å². The summed E-state index contributed by atoms with van der Waals surface area (Å²) in [5.74, 6) is 0.642. The molecule has 0 N–H and O–H groups in total. The van der Waals surface area contributed by atoms with Crippen LogP contribution in [0.1, 0.15) is 11.1 Å². The lowest BCUT2D eigenvalue weighted by molar-refractivity contribution is -0.385. The lowest BCUT2D eigenvalue weighted by Gasteiger charge is -2.07. The highest BCUT2D eigenvalue weighted by atomic mass is 16.6. The molecule has 94 valence electrons. The third-order valence-electron chi connectivity index (χ3n) is 2.69. The van der Waals surface area contributed by atoms with Gasteiger partial charge in [-0.3, -0.25) is 14.8 Å². The first-order valence-electron chi connectivity index (χ1n) is 5.42. The predicted molar refractivity (Wildman–Crippen MR) is 65.4 cm³/mol. The van der Waals surface area contributed by atoms with E-state index in [0.29, 0.717) is 17.9 Å². The van der Waals surface area contributed by atoms with Crippen LogP contribution in [0.2, 0.25) is 0 Å². The van der Waals surface area contributed by atoms with E-state index in [9.17, 15) is 10.1 Å². The summed E-state index contributed by atoms with van der Waals surface area (Å²) in [5, 5.41) is 14.8. The van der Waals surface area contributed by atoms with Gasteiger partial charge in [-0.1, -0.05) is 12.1 Å². The van der Waals surface area contributed by atoms with E-state index in [1.54, 1.807) is 37.1 Å². The molecule has 0 aliphatic rings. The Labute approximate surface area is 104 Å². The van der Waals surface area contributed by atoms with E-state index in [2.05, 4.69) is 5.10 Å². The number of rotatable bonds is 4. The zero-order valence-corrected chi connectivity index (χ0v) is 10.2. The van der Waals surface area contributed by atoms with Crippen LogP contribution < -0.4 is 4.74 Å². The molecule has 1 aromatic heterocycles. The Kier molecular flexibility index (Phi) is 3.27. The molecule has 0 unspecified atom stereocenters. The van der Waals surface area contributed by atoms with Crippen molar-refractivity contribution in [1.82, 2.24) is 9.78 Å². The molecule has 0 amide bonds. The molecule has 0 fully saturated rings. The summed E-state index contributed by atoms with van der Waals surface area (Å²) < 4.78 is 7.16. The Bertz CT molecular complexity index is 578. The summed E-state index contributed by atoms with van der Waals surface area (Å²) in [6.07, 6.45) is 3.35. The molecule has 18 heavy (non-hydrogen) atoms. The van der Waals surface area contributed by atoms with E-state index in [-0.39, 0.29) is 10.6 Å². The lowest BCUT2D eigenvalue weighted by atomic mass is 10.1. The highest BCUT2D eigenvalue weighted by molar-refractivity contribution is 5.44. The van der Waals surface area contributed by atoms with E-state index >= 15 is 0 Å². The van der Waals surface area contributed by atoms with Crippen LogP contribution in [0.4, 0.5) is 5.69 Å². The van der Waals surface area contributed by atoms with Crippen LogP contribution in [0.3, 0.4) is 0 Å². The van der Waals surface area contributed by atoms with E-state index in [1.807, 2.05) is 6.07 Å². The summed E-state index contributed by atoms with van der Waals surface area (Å²) in [6.45, 7) is 2.01. The Morgan fingerprint density at radius 1 is 1.50 bits per heavy atom. The fourth-order valence-electron chi connectivity index (χ4n) is 1.66. The number of aromatic nitrogens is 2. The van der Waals surface area contributed by atoms with Gasteiger partial charge in [-0.05, 0) is 12.5 Å². The highest BCUT2D eigenvalue weighted by Crippen LogP contribution is 2.22. The predicted octanol–water partition coefficient (Wildman–Crippen LogP) is 2.22. The van der Waals surface area contributed by atoms with Crippen LogP contribution >= 0.6 is 0 Å². The van der Waals surface area contributed by atoms with Gasteiger partial charge in [0.1, 0.15) is 6.61 Å². The van der Waals surface area contributed by atoms with Gasteiger partial charge in [-0.2, -0.15) is 5.10 Å². The van der Waals surface area contributed by atoms with Crippen molar-refractivity contribution in [2.45, 2.75) is 13.5 Å². The molecule has 2 rings (SSSR count). The van der Waals surface area contributed by atoms with Crippen LogP contribution in [0.5, 0.6) is 5.75 Å². The second-order valence-electron chi connectivity index (χ2n) is 3.96. The van der Waals surface area contributed by atoms with Gasteiger partial charge in [0.05, 0.1) is 17.3 Å². The number of hydrogen-bond donors (Lipinski definition) is 0. The fourth-order valence-corrected chi connectivity index (χ4v) is 1.66. The average Bonchev–Trinajstić information content (AvgIpc) is 2.73. The minimum absolute atomic E-state index is 0.113. The summed E-state index contributed by atoms with van der Waals surface area (Å²) >= 11 is 0. The first-order chi connectivity index (χ1) is 8.58. The van der Waals surface area contributed by atoms with Crippen molar-refractivity contribution >= 4 is 5.69 Å². The van der Waals surface area contributed by atoms with Crippen molar-refractivity contribution in [3.05, 3.63) is 51.8 Å². The molecule has 0 spiro atoms. The van der Waals surface area contributed by atoms with Crippen LogP contribution in [-0.2, 0) is 13.7 Å². The maximum atomic E-state index is 10.8. The fraction of sp³-hybridized carbons (Fsp3) is 0.250. The van der Waals surface area contributed by atoms with Gasteiger partial charge in [-0.15, -0.1) is 0 Å². The zero-order valence-electron chi connectivity index (χ0n) is 10.2. The molecule has 0 aliphatic heterocycles. The van der Waals surface area contributed by atoms with Crippen LogP contribution in [-0.4, -0.2) is 14.7 Å². The smallest absolute Gasteiger partial charge is 0.272 e. The molecule has 0 bridgehead atoms. The Balaban J connectivity index is 2.14. The van der Waals surface area contributed by atoms with E-state index in [4.69, 9.17) is 4.74 Å². The molecule has 6 heteroatoms. The number of nitro groups is 1. The van der Waals surface area contributed by atoms with Crippen molar-refractivity contribution in [2.24, 2.45) is 7.05 Å². The number of benzene rings is 1. The maximum absolute atomic E-state index is 10.8. The largest absolute Gasteiger partial charge is 0.486 e. The normalized spacial score (nSPS) is 10.3. The Morgan fingerprint density at radius 2 is 2.28 bits per heavy atom. The van der Waals surface area contributed by atoms with Crippen LogP contribution in [0.15, 0.2) is 30.6 Å². The minimum Gasteiger partial charge on any atom is -0.486 e. The summed E-state index contributed by atoms with van der Waals surface area (Å²) in [5.41, 5.74) is 1.54. The average molecular weight is 247 g/mol. The van der Waals surface area contributed by atoms with E-state index in [1.165, 1.54) is 6.07 Å². The van der Waals surface area contributed by atoms with Crippen molar-refractivity contribution in [2.75, 3.05) is 0 Å². The Hall–Kier alpha value is -2.37. The molecule has 1 aromatic carbocycles. The number of hydrogen-bond acceptors (Lipinski definition) is 4. The molecular weight excluding hydrogens is 234 g/mol. The lowest BCUT2D eigenvalue weighted by Crippen LogP contribution is -2.00. The second kappa shape index (κ2) is 4.87. The van der Waals surface area contributed by atoms with Crippen molar-refractivity contribution in [1.29, 1.82) is 0 Å². The van der Waals surface area contributed by atoms with Crippen LogP contribution in [0.25, 0.3) is 0 Å². The number of nitrogens with zero attached hydrogens (tertiary/aromatic N) is 3. The molecule has 1 heterocycles. The third-order valence-corrected chi connectivity index (χ3v) is 2.69. The minimum atomic E-state index is -0.386. The van der Waals surface area contributed by atoms with Gasteiger partial charge < -0.3 is 4.74 Å². The molecule has 6 nitrogen and oxygen atoms in total. The van der Waals surface area contributed by atoms with Crippen LogP contribution in [0, 0.1) is 17.0 Å². The Morgan fingerprint density at radius 3 is 2.89 bits per heavy atom. The third kappa shape index (κ3) is 2.48. The summed E-state index contributed by atoms with van der Waals surface area (Å²) in [7, 11) is 1.80. The van der Waals surface area contributed by atoms with Gasteiger partial charge >= 0.3 is 0 Å². The second-order valence-corrected chi connectivity index (χ2v) is 3.96. The first-order valence-corrected chi connectivity index (χ1v) is 5.42. The van der Waals surface area contributed by atoms with Crippen molar-refractivity contribution in [3.8, 4) is 5.75 Å². The highest BCUT2D eigenvalue weighted by Gasteiger charge is 2.13. The van der Waals surface area contributed by atoms with Crippen molar-refractivity contribution < 1.29 is 9.66 Å². The molecule has 2 aromatic rings. The number of aryl methyl sites for hydroxylation is 1.